The molecular formula is C19H12Cl2N2O4S. The van der Waals surface area contributed by atoms with Crippen LogP contribution in [-0.2, 0) is 14.3 Å². The van der Waals surface area contributed by atoms with Gasteiger partial charge in [-0.25, -0.2) is 4.79 Å². The van der Waals surface area contributed by atoms with Crippen LogP contribution in [-0.4, -0.2) is 30.1 Å². The van der Waals surface area contributed by atoms with Gasteiger partial charge >= 0.3 is 5.97 Å². The number of nitrogens with zero attached hydrogens (tertiary/aromatic N) is 2. The average Bonchev–Trinajstić information content (AvgIpc) is 2.97. The van der Waals surface area contributed by atoms with Crippen molar-refractivity contribution in [2.75, 3.05) is 12.0 Å². The lowest BCUT2D eigenvalue weighted by Gasteiger charge is -2.15. The van der Waals surface area contributed by atoms with Crippen LogP contribution in [0.3, 0.4) is 0 Å². The maximum atomic E-state index is 12.8. The van der Waals surface area contributed by atoms with Gasteiger partial charge in [-0.1, -0.05) is 41.4 Å². The fraction of sp³-hybridized carbons (Fsp3) is 0.0526. The van der Waals surface area contributed by atoms with Crippen LogP contribution < -0.4 is 4.90 Å². The van der Waals surface area contributed by atoms with Crippen molar-refractivity contribution in [3.05, 3.63) is 75.1 Å². The van der Waals surface area contributed by atoms with Crippen LogP contribution in [0.1, 0.15) is 10.4 Å². The molecule has 0 unspecified atom stereocenters. The second-order valence-electron chi connectivity index (χ2n) is 5.43. The molecule has 9 heteroatoms. The number of rotatable bonds is 3. The van der Waals surface area contributed by atoms with Crippen LogP contribution in [0.5, 0.6) is 0 Å². The highest BCUT2D eigenvalue weighted by atomic mass is 35.5. The minimum atomic E-state index is -0.683. The summed E-state index contributed by atoms with van der Waals surface area (Å²) in [5.41, 5.74) is 0.645. The Bertz CT molecular complexity index is 1020. The quantitative estimate of drug-likeness (QED) is 0.530. The zero-order valence-electron chi connectivity index (χ0n) is 14.4. The van der Waals surface area contributed by atoms with Gasteiger partial charge in [-0.05, 0) is 42.1 Å². The molecular weight excluding hydrogens is 423 g/mol. The number of aliphatic imine (C=N–C) groups is 1. The maximum Gasteiger partial charge on any atom is 0.331 e. The topological polar surface area (TPSA) is 76.0 Å². The van der Waals surface area contributed by atoms with E-state index in [1.807, 2.05) is 0 Å². The summed E-state index contributed by atoms with van der Waals surface area (Å²) >= 11 is 12.8. The number of benzene rings is 2. The number of esters is 1. The first kappa shape index (κ1) is 20.1. The van der Waals surface area contributed by atoms with E-state index >= 15 is 0 Å². The van der Waals surface area contributed by atoms with Gasteiger partial charge in [0.25, 0.3) is 11.8 Å². The monoisotopic (exact) mass is 434 g/mol. The van der Waals surface area contributed by atoms with E-state index in [-0.39, 0.29) is 20.7 Å². The number of methoxy groups -OCH3 is 1. The lowest BCUT2D eigenvalue weighted by atomic mass is 10.2. The lowest BCUT2D eigenvalue weighted by molar-refractivity contribution is -0.135. The molecule has 2 aromatic carbocycles. The maximum absolute atomic E-state index is 12.8. The van der Waals surface area contributed by atoms with Gasteiger partial charge < -0.3 is 4.74 Å². The Hall–Kier alpha value is -2.61. The Morgan fingerprint density at radius 1 is 1.14 bits per heavy atom. The van der Waals surface area contributed by atoms with Gasteiger partial charge in [0.2, 0.25) is 0 Å². The number of para-hydroxylation sites is 1. The van der Waals surface area contributed by atoms with E-state index in [0.717, 1.165) is 17.8 Å². The van der Waals surface area contributed by atoms with E-state index in [1.165, 1.54) is 30.2 Å². The standard InChI is InChI=1S/C19H12Cl2N2O4S/c1-27-16(24)10-15-18(26)23(12-5-3-2-4-6-12)19(28-15)22-17(25)13-8-7-11(20)9-14(13)21/h2-10H,1H3. The van der Waals surface area contributed by atoms with Gasteiger partial charge in [-0.3, -0.25) is 14.5 Å². The molecule has 1 heterocycles. The minimum absolute atomic E-state index is 0.0875. The number of amidine groups is 1. The van der Waals surface area contributed by atoms with E-state index in [1.54, 1.807) is 30.3 Å². The summed E-state index contributed by atoms with van der Waals surface area (Å²) in [6.07, 6.45) is 1.06. The summed E-state index contributed by atoms with van der Waals surface area (Å²) in [6.45, 7) is 0. The first-order chi connectivity index (χ1) is 13.4. The number of thioether (sulfide) groups is 1. The molecule has 0 aliphatic carbocycles. The molecule has 2 aromatic rings. The molecule has 0 atom stereocenters. The number of anilines is 1. The molecule has 2 amide bonds. The number of carbonyl (C=O) groups is 3. The normalized spacial score (nSPS) is 16.7. The second kappa shape index (κ2) is 8.60. The van der Waals surface area contributed by atoms with Crippen LogP contribution in [0.4, 0.5) is 5.69 Å². The third kappa shape index (κ3) is 4.27. The summed E-state index contributed by atoms with van der Waals surface area (Å²) in [5.74, 6) is -1.82. The highest BCUT2D eigenvalue weighted by Gasteiger charge is 2.36. The summed E-state index contributed by atoms with van der Waals surface area (Å²) in [4.78, 5) is 42.4. The van der Waals surface area contributed by atoms with E-state index in [2.05, 4.69) is 9.73 Å². The van der Waals surface area contributed by atoms with E-state index in [4.69, 9.17) is 23.2 Å². The number of hydrogen-bond donors (Lipinski definition) is 0. The van der Waals surface area contributed by atoms with Gasteiger partial charge in [0.15, 0.2) is 5.17 Å². The first-order valence-electron chi connectivity index (χ1n) is 7.86. The zero-order valence-corrected chi connectivity index (χ0v) is 16.7. The largest absolute Gasteiger partial charge is 0.466 e. The molecule has 0 saturated carbocycles. The predicted octanol–water partition coefficient (Wildman–Crippen LogP) is 4.33. The molecule has 1 aliphatic heterocycles. The molecule has 1 fully saturated rings. The molecule has 1 saturated heterocycles. The molecule has 1 aliphatic rings. The Morgan fingerprint density at radius 2 is 1.86 bits per heavy atom. The SMILES string of the molecule is COC(=O)C=C1SC(=NC(=O)c2ccc(Cl)cc2Cl)N(c2ccccc2)C1=O. The van der Waals surface area contributed by atoms with Crippen LogP contribution in [0.2, 0.25) is 10.0 Å². The highest BCUT2D eigenvalue weighted by molar-refractivity contribution is 8.19. The Morgan fingerprint density at radius 3 is 2.50 bits per heavy atom. The summed E-state index contributed by atoms with van der Waals surface area (Å²) in [7, 11) is 1.21. The van der Waals surface area contributed by atoms with Crippen molar-refractivity contribution < 1.29 is 19.1 Å². The molecule has 0 spiro atoms. The summed E-state index contributed by atoms with van der Waals surface area (Å²) in [5, 5.41) is 0.629. The molecule has 0 aromatic heterocycles. The smallest absolute Gasteiger partial charge is 0.331 e. The van der Waals surface area contributed by atoms with Gasteiger partial charge in [0.05, 0.1) is 28.3 Å². The predicted molar refractivity (Wildman–Crippen MR) is 110 cm³/mol. The Labute approximate surface area is 174 Å². The lowest BCUT2D eigenvalue weighted by Crippen LogP contribution is -2.29. The van der Waals surface area contributed by atoms with Gasteiger partial charge in [0.1, 0.15) is 0 Å². The third-order valence-corrected chi connectivity index (χ3v) is 5.15. The van der Waals surface area contributed by atoms with E-state index in [9.17, 15) is 14.4 Å². The average molecular weight is 435 g/mol. The van der Waals surface area contributed by atoms with Gasteiger partial charge in [-0.15, -0.1) is 0 Å². The fourth-order valence-corrected chi connectivity index (χ4v) is 3.76. The molecule has 6 nitrogen and oxygen atoms in total. The van der Waals surface area contributed by atoms with Crippen molar-refractivity contribution >= 4 is 63.6 Å². The van der Waals surface area contributed by atoms with Crippen molar-refractivity contribution in [3.63, 3.8) is 0 Å². The number of carbonyl (C=O) groups excluding carboxylic acids is 3. The molecule has 28 heavy (non-hydrogen) atoms. The molecule has 0 radical (unpaired) electrons. The minimum Gasteiger partial charge on any atom is -0.466 e. The number of hydrogen-bond acceptors (Lipinski definition) is 5. The first-order valence-corrected chi connectivity index (χ1v) is 9.43. The second-order valence-corrected chi connectivity index (χ2v) is 7.29. The van der Waals surface area contributed by atoms with Crippen molar-refractivity contribution in [2.24, 2.45) is 4.99 Å². The summed E-state index contributed by atoms with van der Waals surface area (Å²) < 4.78 is 4.58. The molecule has 0 N–H and O–H groups in total. The van der Waals surface area contributed by atoms with Crippen molar-refractivity contribution in [3.8, 4) is 0 Å². The third-order valence-electron chi connectivity index (χ3n) is 3.63. The van der Waals surface area contributed by atoms with E-state index < -0.39 is 17.8 Å². The molecule has 3 rings (SSSR count). The van der Waals surface area contributed by atoms with Crippen LogP contribution >= 0.6 is 35.0 Å². The van der Waals surface area contributed by atoms with Gasteiger partial charge in [0, 0.05) is 11.1 Å². The van der Waals surface area contributed by atoms with Crippen LogP contribution in [0, 0.1) is 0 Å². The Balaban J connectivity index is 2.03. The van der Waals surface area contributed by atoms with Crippen molar-refractivity contribution in [1.82, 2.24) is 0 Å². The molecule has 142 valence electrons. The number of amides is 2. The Kier molecular flexibility index (Phi) is 6.18. The van der Waals surface area contributed by atoms with Crippen LogP contribution in [0.25, 0.3) is 0 Å². The highest BCUT2D eigenvalue weighted by Crippen LogP contribution is 2.35. The van der Waals surface area contributed by atoms with Crippen molar-refractivity contribution in [2.45, 2.75) is 0 Å². The molecule has 0 bridgehead atoms. The van der Waals surface area contributed by atoms with E-state index in [0.29, 0.717) is 10.7 Å². The number of ether oxygens (including phenoxy) is 1. The van der Waals surface area contributed by atoms with Crippen LogP contribution in [0.15, 0.2) is 64.5 Å². The summed E-state index contributed by atoms with van der Waals surface area (Å²) in [6, 6.07) is 13.1. The van der Waals surface area contributed by atoms with Crippen molar-refractivity contribution in [1.29, 1.82) is 0 Å². The fourth-order valence-electron chi connectivity index (χ4n) is 2.33. The van der Waals surface area contributed by atoms with Gasteiger partial charge in [-0.2, -0.15) is 4.99 Å². The zero-order chi connectivity index (χ0) is 20.3. The number of halogens is 2.